The first-order valence-electron chi connectivity index (χ1n) is 5.68. The number of aliphatic hydroxyl groups excluding tert-OH is 3. The highest BCUT2D eigenvalue weighted by molar-refractivity contribution is 5.92. The molecule has 0 aliphatic carbocycles. The van der Waals surface area contributed by atoms with E-state index in [-0.39, 0.29) is 6.54 Å². The van der Waals surface area contributed by atoms with Crippen LogP contribution in [0.2, 0.25) is 0 Å². The molecule has 1 amide bonds. The molecule has 0 saturated heterocycles. The molecule has 7 heteroatoms. The predicted molar refractivity (Wildman–Crippen MR) is 67.0 cm³/mol. The molecule has 0 heterocycles. The van der Waals surface area contributed by atoms with Crippen LogP contribution in [-0.2, 0) is 4.79 Å². The lowest BCUT2D eigenvalue weighted by Gasteiger charge is -2.28. The second-order valence-electron chi connectivity index (χ2n) is 4.16. The van der Waals surface area contributed by atoms with E-state index in [4.69, 9.17) is 15.3 Å². The summed E-state index contributed by atoms with van der Waals surface area (Å²) in [7, 11) is 0. The number of amides is 1. The van der Waals surface area contributed by atoms with Gasteiger partial charge in [0.2, 0.25) is 5.91 Å². The van der Waals surface area contributed by atoms with Crippen LogP contribution in [0.5, 0.6) is 0 Å². The Morgan fingerprint density at radius 3 is 2.11 bits per heavy atom. The average molecular weight is 272 g/mol. The third kappa shape index (κ3) is 4.56. The summed E-state index contributed by atoms with van der Waals surface area (Å²) < 4.78 is 12.7. The van der Waals surface area contributed by atoms with E-state index in [1.165, 1.54) is 24.3 Å². The number of benzene rings is 1. The number of aliphatic hydroxyl groups is 3. The van der Waals surface area contributed by atoms with Gasteiger partial charge in [0.25, 0.3) is 0 Å². The number of carbonyl (C=O) groups excluding carboxylic acids is 1. The highest BCUT2D eigenvalue weighted by Crippen LogP contribution is 2.08. The van der Waals surface area contributed by atoms with Gasteiger partial charge in [-0.25, -0.2) is 4.39 Å². The minimum absolute atomic E-state index is 0.209. The summed E-state index contributed by atoms with van der Waals surface area (Å²) in [6.45, 7) is -1.74. The van der Waals surface area contributed by atoms with E-state index in [0.29, 0.717) is 5.69 Å². The van der Waals surface area contributed by atoms with Crippen molar-refractivity contribution in [1.29, 1.82) is 0 Å². The number of hydrogen-bond acceptors (Lipinski definition) is 5. The second kappa shape index (κ2) is 7.15. The maximum atomic E-state index is 12.7. The van der Waals surface area contributed by atoms with E-state index in [1.807, 2.05) is 0 Å². The first-order chi connectivity index (χ1) is 9.05. The van der Waals surface area contributed by atoms with Crippen LogP contribution in [0, 0.1) is 5.82 Å². The van der Waals surface area contributed by atoms with Crippen LogP contribution in [-0.4, -0.2) is 53.1 Å². The first-order valence-corrected chi connectivity index (χ1v) is 5.68. The van der Waals surface area contributed by atoms with Gasteiger partial charge in [0.05, 0.1) is 31.9 Å². The summed E-state index contributed by atoms with van der Waals surface area (Å²) in [5.41, 5.74) is -0.879. The summed E-state index contributed by atoms with van der Waals surface area (Å²) in [5.74, 6) is -0.845. The van der Waals surface area contributed by atoms with Crippen molar-refractivity contribution in [2.45, 2.75) is 5.54 Å². The summed E-state index contributed by atoms with van der Waals surface area (Å²) in [4.78, 5) is 11.6. The molecule has 0 fully saturated rings. The predicted octanol–water partition coefficient (Wildman–Crippen LogP) is -0.930. The van der Waals surface area contributed by atoms with Crippen LogP contribution < -0.4 is 10.6 Å². The van der Waals surface area contributed by atoms with E-state index < -0.39 is 37.1 Å². The SMILES string of the molecule is O=C(CNC(CO)(CO)CO)Nc1ccc(F)cc1. The summed E-state index contributed by atoms with van der Waals surface area (Å²) in [6, 6.07) is 5.24. The molecular formula is C12H17FN2O4. The molecule has 0 unspecified atom stereocenters. The Balaban J connectivity index is 2.49. The van der Waals surface area contributed by atoms with Crippen LogP contribution in [0.4, 0.5) is 10.1 Å². The number of hydrogen-bond donors (Lipinski definition) is 5. The fourth-order valence-electron chi connectivity index (χ4n) is 1.32. The lowest BCUT2D eigenvalue weighted by Crippen LogP contribution is -2.56. The molecule has 19 heavy (non-hydrogen) atoms. The van der Waals surface area contributed by atoms with Gasteiger partial charge in [-0.05, 0) is 24.3 Å². The Kier molecular flexibility index (Phi) is 5.84. The van der Waals surface area contributed by atoms with Gasteiger partial charge in [0.15, 0.2) is 0 Å². The van der Waals surface area contributed by atoms with Gasteiger partial charge in [-0.3, -0.25) is 10.1 Å². The Hall–Kier alpha value is -1.54. The minimum atomic E-state index is -1.31. The van der Waals surface area contributed by atoms with Crippen molar-refractivity contribution in [3.05, 3.63) is 30.1 Å². The summed E-state index contributed by atoms with van der Waals surface area (Å²) in [6.07, 6.45) is 0. The minimum Gasteiger partial charge on any atom is -0.394 e. The van der Waals surface area contributed by atoms with Gasteiger partial charge < -0.3 is 20.6 Å². The molecule has 0 spiro atoms. The number of rotatable bonds is 7. The fraction of sp³-hybridized carbons (Fsp3) is 0.417. The zero-order chi connectivity index (χ0) is 14.3. The molecule has 6 nitrogen and oxygen atoms in total. The monoisotopic (exact) mass is 272 g/mol. The van der Waals surface area contributed by atoms with E-state index >= 15 is 0 Å². The third-order valence-electron chi connectivity index (χ3n) is 2.66. The smallest absolute Gasteiger partial charge is 0.238 e. The van der Waals surface area contributed by atoms with E-state index in [1.54, 1.807) is 0 Å². The topological polar surface area (TPSA) is 102 Å². The maximum absolute atomic E-state index is 12.7. The van der Waals surface area contributed by atoms with E-state index in [0.717, 1.165) is 0 Å². The van der Waals surface area contributed by atoms with Gasteiger partial charge in [0, 0.05) is 5.69 Å². The maximum Gasteiger partial charge on any atom is 0.238 e. The van der Waals surface area contributed by atoms with Crippen molar-refractivity contribution >= 4 is 11.6 Å². The average Bonchev–Trinajstić information content (AvgIpc) is 2.44. The quantitative estimate of drug-likeness (QED) is 0.441. The van der Waals surface area contributed by atoms with Crippen LogP contribution in [0.25, 0.3) is 0 Å². The number of nitrogens with one attached hydrogen (secondary N) is 2. The first kappa shape index (κ1) is 15.5. The fourth-order valence-corrected chi connectivity index (χ4v) is 1.32. The lowest BCUT2D eigenvalue weighted by molar-refractivity contribution is -0.116. The Morgan fingerprint density at radius 2 is 1.63 bits per heavy atom. The van der Waals surface area contributed by atoms with Crippen molar-refractivity contribution in [3.8, 4) is 0 Å². The summed E-state index contributed by atoms with van der Waals surface area (Å²) >= 11 is 0. The normalized spacial score (nSPS) is 11.4. The van der Waals surface area contributed by atoms with Crippen molar-refractivity contribution in [1.82, 2.24) is 5.32 Å². The highest BCUT2D eigenvalue weighted by Gasteiger charge is 2.27. The Bertz CT molecular complexity index is 398. The molecule has 1 aromatic rings. The molecule has 5 N–H and O–H groups in total. The lowest BCUT2D eigenvalue weighted by atomic mass is 10.0. The molecule has 0 saturated carbocycles. The third-order valence-corrected chi connectivity index (χ3v) is 2.66. The van der Waals surface area contributed by atoms with Gasteiger partial charge in [-0.1, -0.05) is 0 Å². The van der Waals surface area contributed by atoms with E-state index in [9.17, 15) is 9.18 Å². The molecule has 0 aliphatic heterocycles. The van der Waals surface area contributed by atoms with Crippen LogP contribution in [0.15, 0.2) is 24.3 Å². The van der Waals surface area contributed by atoms with Crippen molar-refractivity contribution in [2.24, 2.45) is 0 Å². The molecule has 0 atom stereocenters. The van der Waals surface area contributed by atoms with Gasteiger partial charge >= 0.3 is 0 Å². The zero-order valence-corrected chi connectivity index (χ0v) is 10.3. The van der Waals surface area contributed by atoms with Gasteiger partial charge in [-0.15, -0.1) is 0 Å². The Morgan fingerprint density at radius 1 is 1.11 bits per heavy atom. The van der Waals surface area contributed by atoms with Crippen molar-refractivity contribution in [3.63, 3.8) is 0 Å². The zero-order valence-electron chi connectivity index (χ0n) is 10.3. The molecule has 0 aromatic heterocycles. The van der Waals surface area contributed by atoms with Crippen LogP contribution in [0.3, 0.4) is 0 Å². The molecule has 0 aliphatic rings. The van der Waals surface area contributed by atoms with Crippen LogP contribution >= 0.6 is 0 Å². The molecule has 1 aromatic carbocycles. The largest absolute Gasteiger partial charge is 0.394 e. The molecule has 0 bridgehead atoms. The number of halogens is 1. The molecular weight excluding hydrogens is 255 g/mol. The summed E-state index contributed by atoms with van der Waals surface area (Å²) in [5, 5.41) is 32.2. The highest BCUT2D eigenvalue weighted by atomic mass is 19.1. The second-order valence-corrected chi connectivity index (χ2v) is 4.16. The standard InChI is InChI=1S/C12H17FN2O4/c13-9-1-3-10(4-2-9)15-11(19)5-14-12(6-16,7-17)8-18/h1-4,14,16-18H,5-8H2,(H,15,19). The molecule has 0 radical (unpaired) electrons. The van der Waals surface area contributed by atoms with Crippen molar-refractivity contribution < 1.29 is 24.5 Å². The van der Waals surface area contributed by atoms with Gasteiger partial charge in [-0.2, -0.15) is 0 Å². The number of anilines is 1. The van der Waals surface area contributed by atoms with Crippen molar-refractivity contribution in [2.75, 3.05) is 31.7 Å². The van der Waals surface area contributed by atoms with E-state index in [2.05, 4.69) is 10.6 Å². The number of carbonyl (C=O) groups is 1. The van der Waals surface area contributed by atoms with Gasteiger partial charge in [0.1, 0.15) is 5.82 Å². The van der Waals surface area contributed by atoms with Crippen LogP contribution in [0.1, 0.15) is 0 Å². The Labute approximate surface area is 109 Å². The molecule has 106 valence electrons. The molecule has 1 rings (SSSR count).